The van der Waals surface area contributed by atoms with Gasteiger partial charge in [0.25, 0.3) is 0 Å². The van der Waals surface area contributed by atoms with E-state index < -0.39 is 0 Å². The molecule has 2 aromatic heterocycles. The highest BCUT2D eigenvalue weighted by atomic mass is 16.5. The lowest BCUT2D eigenvalue weighted by Gasteiger charge is -2.04. The maximum Gasteiger partial charge on any atom is 0.139 e. The number of hydrogen-bond donors (Lipinski definition) is 2. The summed E-state index contributed by atoms with van der Waals surface area (Å²) in [6.45, 7) is 0. The monoisotopic (exact) mass is 442 g/mol. The Morgan fingerprint density at radius 3 is 1.91 bits per heavy atom. The number of nitrogens with zero attached hydrogens (tertiary/aromatic N) is 2. The molecule has 6 aromatic rings. The Bertz CT molecular complexity index is 1530. The van der Waals surface area contributed by atoms with Crippen LogP contribution in [-0.4, -0.2) is 27.0 Å². The molecule has 2 N–H and O–H groups in total. The first kappa shape index (κ1) is 20.0. The van der Waals surface area contributed by atoms with Gasteiger partial charge in [0, 0.05) is 28.3 Å². The number of ether oxygens (including phenoxy) is 1. The number of H-pyrrole nitrogens is 2. The van der Waals surface area contributed by atoms with E-state index in [1.165, 1.54) is 0 Å². The van der Waals surface area contributed by atoms with Gasteiger partial charge in [0.2, 0.25) is 0 Å². The van der Waals surface area contributed by atoms with Crippen LogP contribution >= 0.6 is 0 Å². The van der Waals surface area contributed by atoms with Gasteiger partial charge in [-0.25, -0.2) is 9.97 Å². The summed E-state index contributed by atoms with van der Waals surface area (Å²) in [4.78, 5) is 17.0. The summed E-state index contributed by atoms with van der Waals surface area (Å²) in [7, 11) is 1.67. The van der Waals surface area contributed by atoms with Crippen molar-refractivity contribution >= 4 is 11.0 Å². The van der Waals surface area contributed by atoms with Crippen LogP contribution in [0.15, 0.2) is 103 Å². The molecule has 0 spiro atoms. The molecule has 2 heterocycles. The molecule has 4 aromatic carbocycles. The van der Waals surface area contributed by atoms with Crippen molar-refractivity contribution in [2.45, 2.75) is 0 Å². The average Bonchev–Trinajstić information content (AvgIpc) is 3.54. The summed E-state index contributed by atoms with van der Waals surface area (Å²) in [6, 6.07) is 34.6. The van der Waals surface area contributed by atoms with E-state index in [2.05, 4.69) is 46.4 Å². The quantitative estimate of drug-likeness (QED) is 0.303. The Labute approximate surface area is 197 Å². The third kappa shape index (κ3) is 3.53. The second-order valence-electron chi connectivity index (χ2n) is 8.06. The lowest BCUT2D eigenvalue weighted by atomic mass is 10.1. The normalized spacial score (nSPS) is 11.1. The van der Waals surface area contributed by atoms with E-state index in [1.807, 2.05) is 66.7 Å². The molecule has 0 radical (unpaired) electrons. The van der Waals surface area contributed by atoms with Gasteiger partial charge in [-0.2, -0.15) is 0 Å². The molecule has 34 heavy (non-hydrogen) atoms. The number of aromatic amines is 2. The van der Waals surface area contributed by atoms with Crippen LogP contribution in [0.5, 0.6) is 5.75 Å². The molecule has 0 amide bonds. The first-order valence-corrected chi connectivity index (χ1v) is 11.1. The summed E-state index contributed by atoms with van der Waals surface area (Å²) in [5, 5.41) is 0. The molecule has 0 fully saturated rings. The van der Waals surface area contributed by atoms with Crippen LogP contribution in [0.3, 0.4) is 0 Å². The average molecular weight is 443 g/mol. The van der Waals surface area contributed by atoms with E-state index >= 15 is 0 Å². The van der Waals surface area contributed by atoms with Crippen LogP contribution in [0, 0.1) is 0 Å². The zero-order chi connectivity index (χ0) is 22.9. The molecule has 164 valence electrons. The highest BCUT2D eigenvalue weighted by Gasteiger charge is 2.18. The fraction of sp³-hybridized carbons (Fsp3) is 0.0345. The van der Waals surface area contributed by atoms with E-state index in [1.54, 1.807) is 7.11 Å². The number of fused-ring (bicyclic) bond motifs is 1. The number of benzene rings is 4. The van der Waals surface area contributed by atoms with Gasteiger partial charge in [-0.1, -0.05) is 84.9 Å². The number of rotatable bonds is 5. The molecular weight excluding hydrogens is 420 g/mol. The molecule has 0 bridgehead atoms. The van der Waals surface area contributed by atoms with Crippen molar-refractivity contribution in [3.63, 3.8) is 0 Å². The Morgan fingerprint density at radius 2 is 1.24 bits per heavy atom. The van der Waals surface area contributed by atoms with E-state index in [4.69, 9.17) is 14.7 Å². The number of methoxy groups -OCH3 is 1. The first-order chi connectivity index (χ1) is 16.8. The third-order valence-corrected chi connectivity index (χ3v) is 5.94. The van der Waals surface area contributed by atoms with Crippen molar-refractivity contribution in [2.24, 2.45) is 0 Å². The number of aromatic nitrogens is 4. The van der Waals surface area contributed by atoms with Gasteiger partial charge in [0.1, 0.15) is 17.4 Å². The predicted octanol–water partition coefficient (Wildman–Crippen LogP) is 6.96. The van der Waals surface area contributed by atoms with Gasteiger partial charge in [-0.05, 0) is 12.1 Å². The molecule has 0 aliphatic rings. The molecule has 5 nitrogen and oxygen atoms in total. The highest BCUT2D eigenvalue weighted by molar-refractivity contribution is 5.87. The molecule has 0 aliphatic carbocycles. The largest absolute Gasteiger partial charge is 0.497 e. The standard InChI is InChI=1S/C29H22N4O/c1-34-21-16-17-24-25(18-21)31-28(30-24)22-14-8-9-15-23(22)29-32-26(19-10-4-2-5-11-19)27(33-29)20-12-6-3-7-13-20/h2-18H,1H3,(H,30,31)(H,32,33). The summed E-state index contributed by atoms with van der Waals surface area (Å²) in [5.41, 5.74) is 7.85. The molecule has 0 saturated heterocycles. The Morgan fingerprint density at radius 1 is 0.618 bits per heavy atom. The maximum absolute atomic E-state index is 5.37. The van der Waals surface area contributed by atoms with Crippen molar-refractivity contribution < 1.29 is 4.74 Å². The maximum atomic E-state index is 5.37. The van der Waals surface area contributed by atoms with Crippen LogP contribution in [0.1, 0.15) is 0 Å². The molecule has 5 heteroatoms. The van der Waals surface area contributed by atoms with Crippen LogP contribution < -0.4 is 4.74 Å². The minimum atomic E-state index is 0.790. The van der Waals surface area contributed by atoms with Crippen molar-refractivity contribution in [3.05, 3.63) is 103 Å². The van der Waals surface area contributed by atoms with Crippen molar-refractivity contribution in [1.29, 1.82) is 0 Å². The molecule has 6 rings (SSSR count). The fourth-order valence-corrected chi connectivity index (χ4v) is 4.26. The van der Waals surface area contributed by atoms with Crippen molar-refractivity contribution in [2.75, 3.05) is 7.11 Å². The lowest BCUT2D eigenvalue weighted by Crippen LogP contribution is -1.88. The minimum absolute atomic E-state index is 0.790. The number of imidazole rings is 2. The van der Waals surface area contributed by atoms with Gasteiger partial charge in [-0.15, -0.1) is 0 Å². The van der Waals surface area contributed by atoms with Gasteiger partial charge in [0.05, 0.1) is 29.5 Å². The lowest BCUT2D eigenvalue weighted by molar-refractivity contribution is 0.415. The Balaban J connectivity index is 1.52. The van der Waals surface area contributed by atoms with E-state index in [9.17, 15) is 0 Å². The Kier molecular flexibility index (Phi) is 4.92. The number of hydrogen-bond acceptors (Lipinski definition) is 3. The van der Waals surface area contributed by atoms with Gasteiger partial charge in [0.15, 0.2) is 0 Å². The summed E-state index contributed by atoms with van der Waals surface area (Å²) in [6.07, 6.45) is 0. The summed E-state index contributed by atoms with van der Waals surface area (Å²) < 4.78 is 5.37. The highest BCUT2D eigenvalue weighted by Crippen LogP contribution is 2.36. The van der Waals surface area contributed by atoms with Gasteiger partial charge >= 0.3 is 0 Å². The SMILES string of the molecule is COc1ccc2nc(-c3ccccc3-c3nc(-c4ccccc4)c(-c4ccccc4)[nH]3)[nH]c2c1. The van der Waals surface area contributed by atoms with E-state index in [0.29, 0.717) is 0 Å². The van der Waals surface area contributed by atoms with Crippen LogP contribution in [-0.2, 0) is 0 Å². The number of nitrogens with one attached hydrogen (secondary N) is 2. The van der Waals surface area contributed by atoms with Crippen molar-refractivity contribution in [3.8, 4) is 51.0 Å². The fourth-order valence-electron chi connectivity index (χ4n) is 4.26. The summed E-state index contributed by atoms with van der Waals surface area (Å²) in [5.74, 6) is 2.38. The van der Waals surface area contributed by atoms with E-state index in [-0.39, 0.29) is 0 Å². The smallest absolute Gasteiger partial charge is 0.139 e. The van der Waals surface area contributed by atoms with Gasteiger partial charge < -0.3 is 14.7 Å². The van der Waals surface area contributed by atoms with E-state index in [0.717, 1.165) is 62.1 Å². The van der Waals surface area contributed by atoms with Crippen LogP contribution in [0.4, 0.5) is 0 Å². The molecule has 0 unspecified atom stereocenters. The van der Waals surface area contributed by atoms with Crippen LogP contribution in [0.25, 0.3) is 56.3 Å². The molecule has 0 atom stereocenters. The van der Waals surface area contributed by atoms with Crippen LogP contribution in [0.2, 0.25) is 0 Å². The molecule has 0 saturated carbocycles. The first-order valence-electron chi connectivity index (χ1n) is 11.1. The predicted molar refractivity (Wildman–Crippen MR) is 137 cm³/mol. The second-order valence-corrected chi connectivity index (χ2v) is 8.06. The Hall–Kier alpha value is -4.64. The zero-order valence-corrected chi connectivity index (χ0v) is 18.6. The topological polar surface area (TPSA) is 66.6 Å². The second kappa shape index (κ2) is 8.37. The van der Waals surface area contributed by atoms with Gasteiger partial charge in [-0.3, -0.25) is 0 Å². The van der Waals surface area contributed by atoms with Crippen molar-refractivity contribution in [1.82, 2.24) is 19.9 Å². The zero-order valence-electron chi connectivity index (χ0n) is 18.6. The third-order valence-electron chi connectivity index (χ3n) is 5.94. The minimum Gasteiger partial charge on any atom is -0.497 e. The summed E-state index contributed by atoms with van der Waals surface area (Å²) >= 11 is 0. The molecule has 0 aliphatic heterocycles. The molecular formula is C29H22N4O.